The molecular weight excluding hydrogens is 311 g/mol. The zero-order valence-electron chi connectivity index (χ0n) is 14.2. The molecule has 0 radical (unpaired) electrons. The van der Waals surface area contributed by atoms with E-state index in [0.29, 0.717) is 18.9 Å². The van der Waals surface area contributed by atoms with Crippen molar-refractivity contribution >= 4 is 6.03 Å². The summed E-state index contributed by atoms with van der Waals surface area (Å²) in [6.07, 6.45) is 1.63. The smallest absolute Gasteiger partial charge is 0.315 e. The van der Waals surface area contributed by atoms with E-state index in [2.05, 4.69) is 20.8 Å². The quantitative estimate of drug-likeness (QED) is 0.805. The zero-order chi connectivity index (χ0) is 17.5. The zero-order valence-corrected chi connectivity index (χ0v) is 14.2. The third-order valence-electron chi connectivity index (χ3n) is 3.76. The summed E-state index contributed by atoms with van der Waals surface area (Å²) in [5.74, 6) is 0.407. The number of nitrogens with zero attached hydrogens (tertiary/aromatic N) is 4. The van der Waals surface area contributed by atoms with Gasteiger partial charge in [-0.15, -0.1) is 10.2 Å². The van der Waals surface area contributed by atoms with Crippen LogP contribution in [0.3, 0.4) is 0 Å². The van der Waals surface area contributed by atoms with Gasteiger partial charge in [-0.1, -0.05) is 12.1 Å². The lowest BCUT2D eigenvalue weighted by atomic mass is 10.1. The third-order valence-corrected chi connectivity index (χ3v) is 3.76. The lowest BCUT2D eigenvalue weighted by Gasteiger charge is -2.25. The molecule has 0 aliphatic carbocycles. The van der Waals surface area contributed by atoms with Gasteiger partial charge in [0.15, 0.2) is 5.82 Å². The number of likely N-dealkylation sites (N-methyl/N-ethyl adjacent to an activating group) is 1. The molecule has 1 aromatic carbocycles. The minimum absolute atomic E-state index is 0.120. The molecule has 24 heavy (non-hydrogen) atoms. The van der Waals surface area contributed by atoms with Crippen LogP contribution in [0.25, 0.3) is 0 Å². The van der Waals surface area contributed by atoms with Crippen LogP contribution in [0.4, 0.5) is 9.18 Å². The standard InChI is InChI=1S/C16H23FN6O/c1-4-23-11-20-21-15(23)10-19-16(24)18-9-14(22(2)3)12-6-5-7-13(17)8-12/h5-8,11,14H,4,9-10H2,1-3H3,(H2,18,19,24). The van der Waals surface area contributed by atoms with Crippen LogP contribution in [0.2, 0.25) is 0 Å². The van der Waals surface area contributed by atoms with Crippen molar-refractivity contribution in [2.75, 3.05) is 20.6 Å². The van der Waals surface area contributed by atoms with Gasteiger partial charge in [-0.05, 0) is 38.7 Å². The summed E-state index contributed by atoms with van der Waals surface area (Å²) in [5.41, 5.74) is 0.811. The van der Waals surface area contributed by atoms with E-state index < -0.39 is 0 Å². The Morgan fingerprint density at radius 1 is 1.38 bits per heavy atom. The number of halogens is 1. The van der Waals surface area contributed by atoms with Crippen molar-refractivity contribution in [1.82, 2.24) is 30.3 Å². The lowest BCUT2D eigenvalue weighted by Crippen LogP contribution is -2.40. The van der Waals surface area contributed by atoms with E-state index in [1.54, 1.807) is 12.4 Å². The highest BCUT2D eigenvalue weighted by molar-refractivity contribution is 5.73. The number of amides is 2. The van der Waals surface area contributed by atoms with Crippen LogP contribution in [0.5, 0.6) is 0 Å². The minimum atomic E-state index is -0.302. The molecule has 0 saturated carbocycles. The highest BCUT2D eigenvalue weighted by Crippen LogP contribution is 2.18. The van der Waals surface area contributed by atoms with Crippen LogP contribution in [-0.2, 0) is 13.1 Å². The lowest BCUT2D eigenvalue weighted by molar-refractivity contribution is 0.232. The molecule has 0 spiro atoms. The Balaban J connectivity index is 1.88. The Labute approximate surface area is 140 Å². The number of rotatable bonds is 7. The van der Waals surface area contributed by atoms with Gasteiger partial charge >= 0.3 is 6.03 Å². The first kappa shape index (κ1) is 17.9. The average molecular weight is 334 g/mol. The van der Waals surface area contributed by atoms with Crippen LogP contribution in [0, 0.1) is 5.82 Å². The molecule has 2 N–H and O–H groups in total. The number of aryl methyl sites for hydroxylation is 1. The molecule has 0 aliphatic rings. The molecule has 8 heteroatoms. The van der Waals surface area contributed by atoms with E-state index in [-0.39, 0.29) is 17.9 Å². The van der Waals surface area contributed by atoms with Crippen molar-refractivity contribution in [2.24, 2.45) is 0 Å². The molecule has 2 rings (SSSR count). The Morgan fingerprint density at radius 2 is 2.17 bits per heavy atom. The van der Waals surface area contributed by atoms with Crippen molar-refractivity contribution < 1.29 is 9.18 Å². The summed E-state index contributed by atoms with van der Waals surface area (Å²) in [6.45, 7) is 3.39. The fraction of sp³-hybridized carbons (Fsp3) is 0.438. The summed E-state index contributed by atoms with van der Waals surface area (Å²) < 4.78 is 15.3. The van der Waals surface area contributed by atoms with E-state index in [1.165, 1.54) is 12.1 Å². The van der Waals surface area contributed by atoms with Crippen molar-refractivity contribution in [1.29, 1.82) is 0 Å². The van der Waals surface area contributed by atoms with Gasteiger partial charge in [0.1, 0.15) is 12.1 Å². The molecule has 0 aliphatic heterocycles. The molecule has 0 bridgehead atoms. The molecule has 2 aromatic rings. The second kappa shape index (κ2) is 8.39. The molecule has 1 aromatic heterocycles. The fourth-order valence-corrected chi connectivity index (χ4v) is 2.40. The second-order valence-electron chi connectivity index (χ2n) is 5.63. The summed E-state index contributed by atoms with van der Waals surface area (Å²) in [7, 11) is 3.78. The molecule has 2 amide bonds. The van der Waals surface area contributed by atoms with Gasteiger partial charge in [-0.2, -0.15) is 0 Å². The highest BCUT2D eigenvalue weighted by atomic mass is 19.1. The largest absolute Gasteiger partial charge is 0.336 e. The van der Waals surface area contributed by atoms with E-state index in [0.717, 1.165) is 12.1 Å². The maximum atomic E-state index is 13.4. The number of benzene rings is 1. The summed E-state index contributed by atoms with van der Waals surface area (Å²) in [5, 5.41) is 13.3. The molecular formula is C16H23FN6O. The Kier molecular flexibility index (Phi) is 6.25. The average Bonchev–Trinajstić information content (AvgIpc) is 3.00. The Morgan fingerprint density at radius 3 is 2.83 bits per heavy atom. The molecule has 0 fully saturated rings. The SMILES string of the molecule is CCn1cnnc1CNC(=O)NCC(c1cccc(F)c1)N(C)C. The Bertz CT molecular complexity index is 672. The molecule has 1 atom stereocenters. The van der Waals surface area contributed by atoms with Gasteiger partial charge in [0.25, 0.3) is 0 Å². The van der Waals surface area contributed by atoms with Gasteiger partial charge in [0, 0.05) is 13.1 Å². The minimum Gasteiger partial charge on any atom is -0.336 e. The van der Waals surface area contributed by atoms with Gasteiger partial charge in [0.05, 0.1) is 12.6 Å². The first-order valence-corrected chi connectivity index (χ1v) is 7.81. The van der Waals surface area contributed by atoms with Gasteiger partial charge in [-0.3, -0.25) is 0 Å². The maximum Gasteiger partial charge on any atom is 0.315 e. The number of aromatic nitrogens is 3. The van der Waals surface area contributed by atoms with Crippen LogP contribution >= 0.6 is 0 Å². The summed E-state index contributed by atoms with van der Waals surface area (Å²) in [4.78, 5) is 13.9. The van der Waals surface area contributed by atoms with E-state index >= 15 is 0 Å². The van der Waals surface area contributed by atoms with Crippen molar-refractivity contribution in [3.8, 4) is 0 Å². The third kappa shape index (κ3) is 4.76. The van der Waals surface area contributed by atoms with Crippen LogP contribution < -0.4 is 10.6 Å². The van der Waals surface area contributed by atoms with Crippen LogP contribution in [0.1, 0.15) is 24.4 Å². The molecule has 1 unspecified atom stereocenters. The monoisotopic (exact) mass is 334 g/mol. The molecule has 1 heterocycles. The fourth-order valence-electron chi connectivity index (χ4n) is 2.40. The maximum absolute atomic E-state index is 13.4. The molecule has 7 nitrogen and oxygen atoms in total. The van der Waals surface area contributed by atoms with Crippen molar-refractivity contribution in [3.63, 3.8) is 0 Å². The number of hydrogen-bond acceptors (Lipinski definition) is 4. The van der Waals surface area contributed by atoms with Gasteiger partial charge in [0.2, 0.25) is 0 Å². The second-order valence-corrected chi connectivity index (χ2v) is 5.63. The first-order valence-electron chi connectivity index (χ1n) is 7.81. The van der Waals surface area contributed by atoms with E-state index in [1.807, 2.05) is 36.6 Å². The summed E-state index contributed by atoms with van der Waals surface area (Å²) in [6, 6.07) is 5.97. The highest BCUT2D eigenvalue weighted by Gasteiger charge is 2.16. The predicted octanol–water partition coefficient (Wildman–Crippen LogP) is 1.54. The first-order chi connectivity index (χ1) is 11.5. The summed E-state index contributed by atoms with van der Waals surface area (Å²) >= 11 is 0. The molecule has 0 saturated heterocycles. The van der Waals surface area contributed by atoms with Gasteiger partial charge < -0.3 is 20.1 Å². The van der Waals surface area contributed by atoms with Crippen LogP contribution in [-0.4, -0.2) is 46.3 Å². The number of carbonyl (C=O) groups excluding carboxylic acids is 1. The van der Waals surface area contributed by atoms with E-state index in [4.69, 9.17) is 0 Å². The van der Waals surface area contributed by atoms with Crippen LogP contribution in [0.15, 0.2) is 30.6 Å². The normalized spacial score (nSPS) is 12.2. The number of hydrogen-bond donors (Lipinski definition) is 2. The Hall–Kier alpha value is -2.48. The molecule has 130 valence electrons. The van der Waals surface area contributed by atoms with Gasteiger partial charge in [-0.25, -0.2) is 9.18 Å². The predicted molar refractivity (Wildman–Crippen MR) is 88.8 cm³/mol. The number of urea groups is 1. The topological polar surface area (TPSA) is 75.1 Å². The number of nitrogens with one attached hydrogen (secondary N) is 2. The van der Waals surface area contributed by atoms with Crippen molar-refractivity contribution in [2.45, 2.75) is 26.1 Å². The van der Waals surface area contributed by atoms with Crippen molar-refractivity contribution in [3.05, 3.63) is 47.8 Å². The van der Waals surface area contributed by atoms with E-state index in [9.17, 15) is 9.18 Å². The number of carbonyl (C=O) groups is 1.